The number of primary amides is 1. The number of nitrogens with two attached hydrogens (primary N) is 2. The highest BCUT2D eigenvalue weighted by atomic mass is 16.4. The first-order valence-electron chi connectivity index (χ1n) is 10.9. The van der Waals surface area contributed by atoms with Crippen molar-refractivity contribution in [3.63, 3.8) is 0 Å². The number of hydrogen-bond donors (Lipinski definition) is 8. The van der Waals surface area contributed by atoms with Gasteiger partial charge in [-0.25, -0.2) is 9.78 Å². The zero-order valence-corrected chi connectivity index (χ0v) is 19.3. The van der Waals surface area contributed by atoms with Crippen molar-refractivity contribution < 1.29 is 34.2 Å². The molecule has 0 saturated heterocycles. The molecule has 1 heterocycles. The third kappa shape index (κ3) is 9.42. The molecule has 2 aromatic rings. The van der Waals surface area contributed by atoms with Crippen LogP contribution in [0.3, 0.4) is 0 Å². The summed E-state index contributed by atoms with van der Waals surface area (Å²) in [4.78, 5) is 66.7. The standard InChI is InChI=1S/C22H29N7O7/c23-15(8-13-9-25-11-27-13)20(33)29-16(5-6-18(24)31)21(34)26-10-19(32)28-17(22(35)36)7-12-1-3-14(30)4-2-12/h1-4,9,11,15-17,30H,5-8,10,23H2,(H2,24,31)(H,25,27)(H,26,34)(H,28,32)(H,29,33)(H,35,36). The number of nitrogens with one attached hydrogen (secondary N) is 4. The Morgan fingerprint density at radius 1 is 1.00 bits per heavy atom. The molecule has 0 saturated carbocycles. The van der Waals surface area contributed by atoms with Crippen molar-refractivity contribution in [2.24, 2.45) is 11.5 Å². The van der Waals surface area contributed by atoms with Gasteiger partial charge in [0.15, 0.2) is 0 Å². The van der Waals surface area contributed by atoms with Crippen LogP contribution in [0.15, 0.2) is 36.8 Å². The normalized spacial score (nSPS) is 13.1. The van der Waals surface area contributed by atoms with E-state index in [4.69, 9.17) is 11.5 Å². The summed E-state index contributed by atoms with van der Waals surface area (Å²) in [7, 11) is 0. The number of carbonyl (C=O) groups excluding carboxylic acids is 4. The number of nitrogens with zero attached hydrogens (tertiary/aromatic N) is 1. The van der Waals surface area contributed by atoms with Gasteiger partial charge in [0.25, 0.3) is 0 Å². The second-order valence-electron chi connectivity index (χ2n) is 8.00. The number of H-pyrrole nitrogens is 1. The molecule has 0 fully saturated rings. The molecular weight excluding hydrogens is 474 g/mol. The zero-order valence-electron chi connectivity index (χ0n) is 19.3. The minimum Gasteiger partial charge on any atom is -0.508 e. The molecule has 10 N–H and O–H groups in total. The molecule has 36 heavy (non-hydrogen) atoms. The lowest BCUT2D eigenvalue weighted by atomic mass is 10.1. The second kappa shape index (κ2) is 13.4. The van der Waals surface area contributed by atoms with Gasteiger partial charge in [-0.3, -0.25) is 19.2 Å². The molecule has 2 rings (SSSR count). The van der Waals surface area contributed by atoms with E-state index in [0.29, 0.717) is 11.3 Å². The molecule has 0 aliphatic carbocycles. The fraction of sp³-hybridized carbons (Fsp3) is 0.364. The lowest BCUT2D eigenvalue weighted by molar-refractivity contribution is -0.141. The van der Waals surface area contributed by atoms with Gasteiger partial charge in [-0.1, -0.05) is 12.1 Å². The summed E-state index contributed by atoms with van der Waals surface area (Å²) < 4.78 is 0. The Labute approximate surface area is 205 Å². The van der Waals surface area contributed by atoms with E-state index in [-0.39, 0.29) is 31.4 Å². The Hall–Kier alpha value is -4.46. The van der Waals surface area contributed by atoms with Crippen LogP contribution in [0.4, 0.5) is 0 Å². The minimum atomic E-state index is -1.29. The van der Waals surface area contributed by atoms with Crippen LogP contribution in [0.1, 0.15) is 24.1 Å². The van der Waals surface area contributed by atoms with Gasteiger partial charge >= 0.3 is 5.97 Å². The molecule has 0 radical (unpaired) electrons. The molecule has 0 aliphatic heterocycles. The number of rotatable bonds is 14. The molecule has 3 atom stereocenters. The molecule has 1 aromatic carbocycles. The van der Waals surface area contributed by atoms with E-state index in [9.17, 15) is 34.2 Å². The highest BCUT2D eigenvalue weighted by molar-refractivity contribution is 5.93. The number of carbonyl (C=O) groups is 5. The molecule has 194 valence electrons. The van der Waals surface area contributed by atoms with Gasteiger partial charge in [-0.15, -0.1) is 0 Å². The van der Waals surface area contributed by atoms with Crippen molar-refractivity contribution in [1.29, 1.82) is 0 Å². The first-order valence-corrected chi connectivity index (χ1v) is 10.9. The molecule has 0 bridgehead atoms. The van der Waals surface area contributed by atoms with Crippen LogP contribution in [0.5, 0.6) is 5.75 Å². The van der Waals surface area contributed by atoms with E-state index in [1.54, 1.807) is 0 Å². The Balaban J connectivity index is 1.93. The lowest BCUT2D eigenvalue weighted by Gasteiger charge is -2.20. The molecule has 1 aromatic heterocycles. The Morgan fingerprint density at radius 3 is 2.28 bits per heavy atom. The van der Waals surface area contributed by atoms with Gasteiger partial charge in [0.05, 0.1) is 18.9 Å². The summed E-state index contributed by atoms with van der Waals surface area (Å²) >= 11 is 0. The van der Waals surface area contributed by atoms with Crippen LogP contribution in [0.25, 0.3) is 0 Å². The average Bonchev–Trinajstić information content (AvgIpc) is 3.33. The number of aromatic hydroxyl groups is 1. The maximum atomic E-state index is 12.6. The number of imidazole rings is 1. The fourth-order valence-corrected chi connectivity index (χ4v) is 3.16. The SMILES string of the molecule is NC(=O)CCC(NC(=O)C(N)Cc1cnc[nH]1)C(=O)NCC(=O)NC(Cc1ccc(O)cc1)C(=O)O. The largest absolute Gasteiger partial charge is 0.508 e. The van der Waals surface area contributed by atoms with E-state index in [1.807, 2.05) is 0 Å². The van der Waals surface area contributed by atoms with Gasteiger partial charge in [0.1, 0.15) is 17.8 Å². The van der Waals surface area contributed by atoms with Crippen molar-refractivity contribution in [2.45, 2.75) is 43.8 Å². The third-order valence-corrected chi connectivity index (χ3v) is 5.08. The van der Waals surface area contributed by atoms with Gasteiger partial charge in [-0.05, 0) is 24.1 Å². The third-order valence-electron chi connectivity index (χ3n) is 5.08. The number of amides is 4. The maximum Gasteiger partial charge on any atom is 0.326 e. The summed E-state index contributed by atoms with van der Waals surface area (Å²) in [5.41, 5.74) is 12.2. The topological polar surface area (TPSA) is 243 Å². The average molecular weight is 504 g/mol. The molecule has 3 unspecified atom stereocenters. The fourth-order valence-electron chi connectivity index (χ4n) is 3.16. The minimum absolute atomic E-state index is 0.0117. The van der Waals surface area contributed by atoms with E-state index >= 15 is 0 Å². The Bertz CT molecular complexity index is 1060. The number of carboxylic acid groups (broad SMARTS) is 1. The van der Waals surface area contributed by atoms with E-state index in [2.05, 4.69) is 25.9 Å². The summed E-state index contributed by atoms with van der Waals surface area (Å²) in [5.74, 6) is -4.21. The molecule has 4 amide bonds. The van der Waals surface area contributed by atoms with Gasteiger partial charge in [-0.2, -0.15) is 0 Å². The molecule has 14 heteroatoms. The van der Waals surface area contributed by atoms with Crippen molar-refractivity contribution in [3.05, 3.63) is 48.0 Å². The van der Waals surface area contributed by atoms with Gasteiger partial charge < -0.3 is 42.6 Å². The number of aliphatic carboxylic acids is 1. The zero-order chi connectivity index (χ0) is 26.7. The highest BCUT2D eigenvalue weighted by Gasteiger charge is 2.26. The molecule has 0 spiro atoms. The lowest BCUT2D eigenvalue weighted by Crippen LogP contribution is -2.54. The predicted octanol–water partition coefficient (Wildman–Crippen LogP) is -2.34. The molecular formula is C22H29N7O7. The highest BCUT2D eigenvalue weighted by Crippen LogP contribution is 2.11. The van der Waals surface area contributed by atoms with Crippen LogP contribution < -0.4 is 27.4 Å². The second-order valence-corrected chi connectivity index (χ2v) is 8.00. The summed E-state index contributed by atoms with van der Waals surface area (Å²) in [5, 5.41) is 25.8. The van der Waals surface area contributed by atoms with Crippen molar-refractivity contribution in [3.8, 4) is 5.75 Å². The quantitative estimate of drug-likeness (QED) is 0.137. The number of benzene rings is 1. The summed E-state index contributed by atoms with van der Waals surface area (Å²) in [6.45, 7) is -0.582. The summed E-state index contributed by atoms with van der Waals surface area (Å²) in [6.07, 6.45) is 2.64. The van der Waals surface area contributed by atoms with E-state index < -0.39 is 54.3 Å². The van der Waals surface area contributed by atoms with Crippen molar-refractivity contribution >= 4 is 29.6 Å². The van der Waals surface area contributed by atoms with Crippen molar-refractivity contribution in [2.75, 3.05) is 6.54 Å². The Morgan fingerprint density at radius 2 is 1.69 bits per heavy atom. The Kier molecular flexibility index (Phi) is 10.4. The number of aromatic amines is 1. The number of phenolic OH excluding ortho intramolecular Hbond substituents is 1. The van der Waals surface area contributed by atoms with Gasteiger partial charge in [0, 0.05) is 31.2 Å². The number of carboxylic acids is 1. The van der Waals surface area contributed by atoms with Crippen LogP contribution in [-0.2, 0) is 36.8 Å². The van der Waals surface area contributed by atoms with Crippen LogP contribution >= 0.6 is 0 Å². The number of phenols is 1. The van der Waals surface area contributed by atoms with Crippen molar-refractivity contribution in [1.82, 2.24) is 25.9 Å². The monoisotopic (exact) mass is 503 g/mol. The maximum absolute atomic E-state index is 12.6. The molecule has 14 nitrogen and oxygen atoms in total. The first kappa shape index (κ1) is 27.8. The number of hydrogen-bond acceptors (Lipinski definition) is 8. The van der Waals surface area contributed by atoms with Crippen LogP contribution in [0.2, 0.25) is 0 Å². The van der Waals surface area contributed by atoms with Crippen LogP contribution in [0, 0.1) is 0 Å². The summed E-state index contributed by atoms with van der Waals surface area (Å²) in [6, 6.07) is 2.29. The van der Waals surface area contributed by atoms with E-state index in [1.165, 1.54) is 36.8 Å². The van der Waals surface area contributed by atoms with E-state index in [0.717, 1.165) is 0 Å². The number of aromatic nitrogens is 2. The smallest absolute Gasteiger partial charge is 0.326 e. The predicted molar refractivity (Wildman–Crippen MR) is 125 cm³/mol. The van der Waals surface area contributed by atoms with Gasteiger partial charge in [0.2, 0.25) is 23.6 Å². The molecule has 0 aliphatic rings. The first-order chi connectivity index (χ1) is 17.0. The van der Waals surface area contributed by atoms with Crippen LogP contribution in [-0.4, -0.2) is 74.4 Å².